The highest BCUT2D eigenvalue weighted by molar-refractivity contribution is 6.30. The summed E-state index contributed by atoms with van der Waals surface area (Å²) in [6, 6.07) is 14.3. The van der Waals surface area contributed by atoms with Crippen molar-refractivity contribution < 1.29 is 24.9 Å². The van der Waals surface area contributed by atoms with Crippen LogP contribution in [-0.2, 0) is 11.3 Å². The third-order valence-electron chi connectivity index (χ3n) is 4.60. The monoisotopic (exact) mass is 456 g/mol. The van der Waals surface area contributed by atoms with Crippen LogP contribution in [0.15, 0.2) is 60.9 Å². The van der Waals surface area contributed by atoms with Crippen molar-refractivity contribution in [3.8, 4) is 17.1 Å². The number of rotatable bonds is 8. The molecule has 0 aliphatic carbocycles. The maximum absolute atomic E-state index is 12.5. The largest absolute Gasteiger partial charge is 0.479 e. The number of carbonyl (C=O) groups excluding carboxylic acids is 1. The fourth-order valence-electron chi connectivity index (χ4n) is 2.91. The van der Waals surface area contributed by atoms with Crippen molar-refractivity contribution >= 4 is 23.5 Å². The summed E-state index contributed by atoms with van der Waals surface area (Å²) in [4.78, 5) is 31.0. The summed E-state index contributed by atoms with van der Waals surface area (Å²) in [5.74, 6) is -2.05. The average Bonchev–Trinajstić information content (AvgIpc) is 2.74. The van der Waals surface area contributed by atoms with Crippen LogP contribution in [0.2, 0.25) is 5.02 Å². The number of aliphatic hydroxyl groups is 1. The van der Waals surface area contributed by atoms with Gasteiger partial charge in [-0.2, -0.15) is 0 Å². The van der Waals surface area contributed by atoms with E-state index in [0.29, 0.717) is 5.02 Å². The third-order valence-corrected chi connectivity index (χ3v) is 4.84. The van der Waals surface area contributed by atoms with Gasteiger partial charge in [0.05, 0.1) is 12.1 Å². The number of aliphatic carboxylic acids is 1. The zero-order valence-corrected chi connectivity index (χ0v) is 17.8. The van der Waals surface area contributed by atoms with Crippen molar-refractivity contribution in [1.29, 1.82) is 0 Å². The molecule has 0 aliphatic rings. The molecule has 1 aromatic heterocycles. The molecule has 0 aliphatic heterocycles. The standard InChI is InChI=1S/C22H21ClN4O5/c1-22(32,20(29)30)13-27(26-19(28)17-10-24-21(31)25-11-17)12-14-5-7-15(8-6-14)16-3-2-4-18(23)9-16/h2-11,32H,12-13H2,1H3,(H,26,28)(H,29,30)(H,24,25,31). The summed E-state index contributed by atoms with van der Waals surface area (Å²) in [6.07, 6.45) is 2.26. The number of aromatic nitrogens is 2. The summed E-state index contributed by atoms with van der Waals surface area (Å²) < 4.78 is 0. The molecule has 1 amide bonds. The predicted molar refractivity (Wildman–Crippen MR) is 117 cm³/mol. The Bertz CT molecular complexity index is 1100. The van der Waals surface area contributed by atoms with Crippen LogP contribution >= 0.6 is 11.6 Å². The van der Waals surface area contributed by atoms with Crippen molar-refractivity contribution in [2.45, 2.75) is 19.1 Å². The first kappa shape index (κ1) is 23.1. The zero-order chi connectivity index (χ0) is 23.3. The van der Waals surface area contributed by atoms with Gasteiger partial charge in [0.15, 0.2) is 5.60 Å². The molecule has 0 fully saturated rings. The SMILES string of the molecule is CC(O)(CN(Cc1ccc(-c2cccc(Cl)c2)cc1)NC(=O)c1cnc(O)nc1)C(=O)O. The molecule has 2 aromatic carbocycles. The highest BCUT2D eigenvalue weighted by atomic mass is 35.5. The number of halogens is 1. The van der Waals surface area contributed by atoms with Crippen LogP contribution in [-0.4, -0.2) is 54.3 Å². The van der Waals surface area contributed by atoms with Gasteiger partial charge in [-0.1, -0.05) is 48.0 Å². The predicted octanol–water partition coefficient (Wildman–Crippen LogP) is 2.49. The van der Waals surface area contributed by atoms with Gasteiger partial charge < -0.3 is 15.3 Å². The van der Waals surface area contributed by atoms with E-state index in [4.69, 9.17) is 11.6 Å². The second-order valence-corrected chi connectivity index (χ2v) is 7.79. The number of nitrogens with zero attached hydrogens (tertiary/aromatic N) is 3. The van der Waals surface area contributed by atoms with Crippen molar-refractivity contribution in [2.75, 3.05) is 6.54 Å². The van der Waals surface area contributed by atoms with Crippen LogP contribution < -0.4 is 5.43 Å². The lowest BCUT2D eigenvalue weighted by Crippen LogP contribution is -2.52. The van der Waals surface area contributed by atoms with Gasteiger partial charge in [-0.05, 0) is 35.7 Å². The van der Waals surface area contributed by atoms with E-state index in [1.807, 2.05) is 42.5 Å². The Morgan fingerprint density at radius 2 is 1.75 bits per heavy atom. The minimum atomic E-state index is -2.11. The average molecular weight is 457 g/mol. The number of hydrogen-bond donors (Lipinski definition) is 4. The van der Waals surface area contributed by atoms with Crippen molar-refractivity contribution in [3.63, 3.8) is 0 Å². The number of amides is 1. The molecule has 10 heteroatoms. The zero-order valence-electron chi connectivity index (χ0n) is 17.1. The van der Waals surface area contributed by atoms with Crippen molar-refractivity contribution in [2.24, 2.45) is 0 Å². The fraction of sp³-hybridized carbons (Fsp3) is 0.182. The van der Waals surface area contributed by atoms with Crippen LogP contribution in [0, 0.1) is 0 Å². The van der Waals surface area contributed by atoms with E-state index < -0.39 is 23.5 Å². The Balaban J connectivity index is 1.79. The number of hydrogen-bond acceptors (Lipinski definition) is 7. The Labute approximate surface area is 188 Å². The minimum Gasteiger partial charge on any atom is -0.479 e. The molecule has 1 heterocycles. The number of benzene rings is 2. The van der Waals surface area contributed by atoms with Crippen molar-refractivity contribution in [3.05, 3.63) is 77.1 Å². The normalized spacial score (nSPS) is 12.9. The number of nitrogens with one attached hydrogen (secondary N) is 1. The molecule has 1 unspecified atom stereocenters. The van der Waals surface area contributed by atoms with Gasteiger partial charge in [-0.3, -0.25) is 10.2 Å². The van der Waals surface area contributed by atoms with E-state index in [2.05, 4.69) is 15.4 Å². The molecule has 1 atom stereocenters. The van der Waals surface area contributed by atoms with Crippen LogP contribution in [0.25, 0.3) is 11.1 Å². The highest BCUT2D eigenvalue weighted by Crippen LogP contribution is 2.23. The van der Waals surface area contributed by atoms with Gasteiger partial charge in [0.25, 0.3) is 5.91 Å². The van der Waals surface area contributed by atoms with Gasteiger partial charge in [-0.15, -0.1) is 0 Å². The molecular weight excluding hydrogens is 436 g/mol. The minimum absolute atomic E-state index is 0.0547. The molecule has 3 rings (SSSR count). The van der Waals surface area contributed by atoms with Gasteiger partial charge >= 0.3 is 12.0 Å². The smallest absolute Gasteiger partial charge is 0.336 e. The number of hydrazine groups is 1. The Kier molecular flexibility index (Phi) is 7.04. The van der Waals surface area contributed by atoms with Gasteiger partial charge in [0.2, 0.25) is 0 Å². The lowest BCUT2D eigenvalue weighted by Gasteiger charge is -2.29. The fourth-order valence-corrected chi connectivity index (χ4v) is 3.10. The van der Waals surface area contributed by atoms with Crippen LogP contribution in [0.3, 0.4) is 0 Å². The van der Waals surface area contributed by atoms with Crippen LogP contribution in [0.5, 0.6) is 6.01 Å². The summed E-state index contributed by atoms with van der Waals surface area (Å²) in [7, 11) is 0. The van der Waals surface area contributed by atoms with E-state index >= 15 is 0 Å². The van der Waals surface area contributed by atoms with Gasteiger partial charge in [0.1, 0.15) is 0 Å². The molecule has 0 bridgehead atoms. The number of carboxylic acids is 1. The molecule has 166 valence electrons. The Morgan fingerprint density at radius 3 is 2.34 bits per heavy atom. The molecule has 0 spiro atoms. The van der Waals surface area contributed by atoms with Crippen molar-refractivity contribution in [1.82, 2.24) is 20.4 Å². The topological polar surface area (TPSA) is 136 Å². The van der Waals surface area contributed by atoms with E-state index in [9.17, 15) is 24.9 Å². The summed E-state index contributed by atoms with van der Waals surface area (Å²) in [5.41, 5.74) is 3.14. The molecule has 9 nitrogen and oxygen atoms in total. The number of aromatic hydroxyl groups is 1. The first-order valence-corrected chi connectivity index (χ1v) is 9.89. The highest BCUT2D eigenvalue weighted by Gasteiger charge is 2.33. The maximum atomic E-state index is 12.5. The lowest BCUT2D eigenvalue weighted by molar-refractivity contribution is -0.159. The third kappa shape index (κ3) is 6.01. The molecular formula is C22H21ClN4O5. The quantitative estimate of drug-likeness (QED) is 0.379. The number of carboxylic acid groups (broad SMARTS) is 1. The molecule has 3 aromatic rings. The molecule has 0 radical (unpaired) electrons. The van der Waals surface area contributed by atoms with Crippen LogP contribution in [0.4, 0.5) is 0 Å². The summed E-state index contributed by atoms with van der Waals surface area (Å²) in [6.45, 7) is 0.868. The van der Waals surface area contributed by atoms with Gasteiger partial charge in [-0.25, -0.2) is 19.8 Å². The first-order chi connectivity index (χ1) is 15.1. The van der Waals surface area contributed by atoms with Gasteiger partial charge in [0, 0.05) is 24.0 Å². The lowest BCUT2D eigenvalue weighted by atomic mass is 10.0. The summed E-state index contributed by atoms with van der Waals surface area (Å²) in [5, 5.41) is 30.6. The maximum Gasteiger partial charge on any atom is 0.336 e. The van der Waals surface area contributed by atoms with Crippen LogP contribution in [0.1, 0.15) is 22.8 Å². The Hall–Kier alpha value is -3.53. The van der Waals surface area contributed by atoms with E-state index in [-0.39, 0.29) is 18.7 Å². The molecule has 0 saturated carbocycles. The second kappa shape index (κ2) is 9.73. The van der Waals surface area contributed by atoms with E-state index in [0.717, 1.165) is 36.0 Å². The van der Waals surface area contributed by atoms with E-state index in [1.54, 1.807) is 6.07 Å². The van der Waals surface area contributed by atoms with E-state index in [1.165, 1.54) is 5.01 Å². The second-order valence-electron chi connectivity index (χ2n) is 7.36. The first-order valence-electron chi connectivity index (χ1n) is 9.51. The summed E-state index contributed by atoms with van der Waals surface area (Å²) >= 11 is 6.05. The molecule has 4 N–H and O–H groups in total. The molecule has 32 heavy (non-hydrogen) atoms. The number of carbonyl (C=O) groups is 2. The molecule has 0 saturated heterocycles. The Morgan fingerprint density at radius 1 is 1.09 bits per heavy atom.